The van der Waals surface area contributed by atoms with Crippen molar-refractivity contribution in [3.63, 3.8) is 0 Å². The molecule has 0 aliphatic heterocycles. The van der Waals surface area contributed by atoms with Crippen molar-refractivity contribution in [3.8, 4) is 0 Å². The van der Waals surface area contributed by atoms with Crippen molar-refractivity contribution in [1.29, 1.82) is 0 Å². The molecule has 0 bridgehead atoms. The molecule has 1 aromatic heterocycles. The molecule has 142 valence electrons. The summed E-state index contributed by atoms with van der Waals surface area (Å²) < 4.78 is 33.4. The third kappa shape index (κ3) is 5.61. The Hall–Kier alpha value is -1.78. The third-order valence-electron chi connectivity index (χ3n) is 3.57. The van der Waals surface area contributed by atoms with Crippen molar-refractivity contribution in [1.82, 2.24) is 4.72 Å². The van der Waals surface area contributed by atoms with E-state index in [0.717, 1.165) is 5.56 Å². The predicted molar refractivity (Wildman–Crippen MR) is 101 cm³/mol. The Morgan fingerprint density at radius 3 is 2.69 bits per heavy atom. The number of hydrogen-bond donors (Lipinski definition) is 3. The van der Waals surface area contributed by atoms with E-state index in [1.165, 1.54) is 24.3 Å². The number of amides is 1. The van der Waals surface area contributed by atoms with Crippen molar-refractivity contribution in [2.75, 3.05) is 25.1 Å². The van der Waals surface area contributed by atoms with Gasteiger partial charge in [0, 0.05) is 19.2 Å². The van der Waals surface area contributed by atoms with E-state index in [-0.39, 0.29) is 30.6 Å². The Balaban J connectivity index is 2.13. The fraction of sp³-hybridized carbons (Fsp3) is 0.353. The van der Waals surface area contributed by atoms with Gasteiger partial charge in [-0.15, -0.1) is 0 Å². The van der Waals surface area contributed by atoms with E-state index in [0.29, 0.717) is 11.3 Å². The minimum atomic E-state index is -3.75. The molecule has 2 aromatic rings. The molecule has 0 spiro atoms. The highest BCUT2D eigenvalue weighted by atomic mass is 32.2. The average molecular weight is 399 g/mol. The van der Waals surface area contributed by atoms with Crippen LogP contribution in [0.5, 0.6) is 0 Å². The molecule has 0 saturated carbocycles. The maximum Gasteiger partial charge on any atom is 0.240 e. The van der Waals surface area contributed by atoms with Gasteiger partial charge >= 0.3 is 0 Å². The molecule has 1 atom stereocenters. The third-order valence-corrected chi connectivity index (χ3v) is 5.85. The van der Waals surface area contributed by atoms with Gasteiger partial charge in [-0.05, 0) is 53.1 Å². The van der Waals surface area contributed by atoms with E-state index >= 15 is 0 Å². The summed E-state index contributed by atoms with van der Waals surface area (Å²) in [6.45, 7) is 3.08. The molecule has 26 heavy (non-hydrogen) atoms. The van der Waals surface area contributed by atoms with Crippen LogP contribution >= 0.6 is 11.3 Å². The number of thiophene rings is 1. The average Bonchev–Trinajstić information content (AvgIpc) is 3.08. The Kier molecular flexibility index (Phi) is 7.30. The Bertz CT molecular complexity index is 835. The lowest BCUT2D eigenvalue weighted by molar-refractivity contribution is -0.114. The van der Waals surface area contributed by atoms with Gasteiger partial charge in [0.05, 0.1) is 24.2 Å². The molecule has 0 fully saturated rings. The SMILES string of the molecule is CC(=O)Nc1ccc(S(=O)(=O)NC[C@@H](OCCO)c2ccsc2)c(C)c1. The fourth-order valence-electron chi connectivity index (χ4n) is 2.42. The number of aryl methyl sites for hydroxylation is 1. The Morgan fingerprint density at radius 2 is 2.12 bits per heavy atom. The number of carbonyl (C=O) groups is 1. The predicted octanol–water partition coefficient (Wildman–Crippen LogP) is 2.04. The van der Waals surface area contributed by atoms with Gasteiger partial charge in [-0.1, -0.05) is 0 Å². The molecule has 0 saturated heterocycles. The van der Waals surface area contributed by atoms with Crippen LogP contribution in [0.4, 0.5) is 5.69 Å². The van der Waals surface area contributed by atoms with Crippen molar-refractivity contribution >= 4 is 33.0 Å². The van der Waals surface area contributed by atoms with Crippen LogP contribution in [-0.4, -0.2) is 39.2 Å². The maximum absolute atomic E-state index is 12.6. The number of carbonyl (C=O) groups excluding carboxylic acids is 1. The number of aliphatic hydroxyl groups is 1. The summed E-state index contributed by atoms with van der Waals surface area (Å²) in [7, 11) is -3.75. The topological polar surface area (TPSA) is 105 Å². The number of aliphatic hydroxyl groups excluding tert-OH is 1. The standard InChI is InChI=1S/C17H22N2O5S2/c1-12-9-15(19-13(2)21)3-4-17(12)26(22,23)18-10-16(24-7-6-20)14-5-8-25-11-14/h3-5,8-9,11,16,18,20H,6-7,10H2,1-2H3,(H,19,21)/t16-/m1/s1. The van der Waals surface area contributed by atoms with E-state index in [1.807, 2.05) is 16.8 Å². The van der Waals surface area contributed by atoms with E-state index < -0.39 is 16.1 Å². The molecule has 1 heterocycles. The van der Waals surface area contributed by atoms with Gasteiger partial charge in [0.1, 0.15) is 0 Å². The summed E-state index contributed by atoms with van der Waals surface area (Å²) in [6, 6.07) is 6.46. The molecule has 0 radical (unpaired) electrons. The number of rotatable bonds is 9. The number of ether oxygens (including phenoxy) is 1. The van der Waals surface area contributed by atoms with Crippen LogP contribution in [0.2, 0.25) is 0 Å². The van der Waals surface area contributed by atoms with Crippen LogP contribution in [0, 0.1) is 6.92 Å². The number of anilines is 1. The highest BCUT2D eigenvalue weighted by Crippen LogP contribution is 2.22. The minimum Gasteiger partial charge on any atom is -0.394 e. The Labute approximate surface area is 157 Å². The maximum atomic E-state index is 12.6. The van der Waals surface area contributed by atoms with Gasteiger partial charge in [-0.2, -0.15) is 11.3 Å². The highest BCUT2D eigenvalue weighted by molar-refractivity contribution is 7.89. The second-order valence-corrected chi connectivity index (χ2v) is 8.17. The van der Waals surface area contributed by atoms with E-state index in [1.54, 1.807) is 19.1 Å². The smallest absolute Gasteiger partial charge is 0.240 e. The number of benzene rings is 1. The van der Waals surface area contributed by atoms with Gasteiger partial charge < -0.3 is 15.2 Å². The van der Waals surface area contributed by atoms with E-state index in [9.17, 15) is 13.2 Å². The second kappa shape index (κ2) is 9.24. The normalized spacial score (nSPS) is 12.7. The summed E-state index contributed by atoms with van der Waals surface area (Å²) in [6.07, 6.45) is -0.484. The van der Waals surface area contributed by atoms with Crippen LogP contribution in [0.25, 0.3) is 0 Å². The van der Waals surface area contributed by atoms with Crippen LogP contribution in [0.1, 0.15) is 24.2 Å². The lowest BCUT2D eigenvalue weighted by Gasteiger charge is -2.18. The first-order chi connectivity index (χ1) is 12.3. The molecule has 1 amide bonds. The van der Waals surface area contributed by atoms with Crippen molar-refractivity contribution in [2.45, 2.75) is 24.8 Å². The summed E-state index contributed by atoms with van der Waals surface area (Å²) in [5, 5.41) is 15.3. The summed E-state index contributed by atoms with van der Waals surface area (Å²) in [5.41, 5.74) is 1.91. The van der Waals surface area contributed by atoms with Crippen LogP contribution < -0.4 is 10.0 Å². The molecular formula is C17H22N2O5S2. The van der Waals surface area contributed by atoms with Gasteiger partial charge in [0.2, 0.25) is 15.9 Å². The van der Waals surface area contributed by atoms with E-state index in [4.69, 9.17) is 9.84 Å². The second-order valence-electron chi connectivity index (χ2n) is 5.65. The molecule has 3 N–H and O–H groups in total. The summed E-state index contributed by atoms with van der Waals surface area (Å²) in [5.74, 6) is -0.224. The number of nitrogens with one attached hydrogen (secondary N) is 2. The van der Waals surface area contributed by atoms with Crippen molar-refractivity contribution in [3.05, 3.63) is 46.2 Å². The number of sulfonamides is 1. The Morgan fingerprint density at radius 1 is 1.35 bits per heavy atom. The minimum absolute atomic E-state index is 0.0476. The number of hydrogen-bond acceptors (Lipinski definition) is 6. The summed E-state index contributed by atoms with van der Waals surface area (Å²) in [4.78, 5) is 11.2. The first kappa shape index (κ1) is 20.5. The van der Waals surface area contributed by atoms with Gasteiger partial charge in [-0.3, -0.25) is 4.79 Å². The first-order valence-corrected chi connectivity index (χ1v) is 10.4. The van der Waals surface area contributed by atoms with E-state index in [2.05, 4.69) is 10.0 Å². The molecule has 1 aromatic carbocycles. The zero-order valence-corrected chi connectivity index (χ0v) is 16.2. The van der Waals surface area contributed by atoms with Gasteiger partial charge in [0.25, 0.3) is 0 Å². The molecule has 2 rings (SSSR count). The lowest BCUT2D eigenvalue weighted by Crippen LogP contribution is -2.30. The van der Waals surface area contributed by atoms with Gasteiger partial charge in [-0.25, -0.2) is 13.1 Å². The molecule has 0 unspecified atom stereocenters. The largest absolute Gasteiger partial charge is 0.394 e. The van der Waals surface area contributed by atoms with Crippen LogP contribution in [0.15, 0.2) is 39.9 Å². The monoisotopic (exact) mass is 398 g/mol. The zero-order valence-electron chi connectivity index (χ0n) is 14.6. The summed E-state index contributed by atoms with van der Waals surface area (Å²) >= 11 is 1.49. The fourth-order valence-corrected chi connectivity index (χ4v) is 4.38. The van der Waals surface area contributed by atoms with Crippen molar-refractivity contribution < 1.29 is 23.1 Å². The quantitative estimate of drug-likeness (QED) is 0.600. The lowest BCUT2D eigenvalue weighted by atomic mass is 10.2. The van der Waals surface area contributed by atoms with Gasteiger partial charge in [0.15, 0.2) is 0 Å². The van der Waals surface area contributed by atoms with Crippen molar-refractivity contribution in [2.24, 2.45) is 0 Å². The molecular weight excluding hydrogens is 376 g/mol. The zero-order chi connectivity index (χ0) is 19.2. The highest BCUT2D eigenvalue weighted by Gasteiger charge is 2.21. The molecule has 0 aliphatic rings. The van der Waals surface area contributed by atoms with Crippen LogP contribution in [0.3, 0.4) is 0 Å². The first-order valence-electron chi connectivity index (χ1n) is 7.96. The van der Waals surface area contributed by atoms with Crippen LogP contribution in [-0.2, 0) is 19.6 Å². The molecule has 7 nitrogen and oxygen atoms in total. The molecule has 9 heteroatoms. The molecule has 0 aliphatic carbocycles.